The van der Waals surface area contributed by atoms with Gasteiger partial charge in [0.2, 0.25) is 5.91 Å². The first-order chi connectivity index (χ1) is 13.0. The molecule has 2 heterocycles. The molecule has 0 aliphatic heterocycles. The molecule has 1 N–H and O–H groups in total. The Labute approximate surface area is 163 Å². The molecular formula is C20H24N4O2S. The van der Waals surface area contributed by atoms with Gasteiger partial charge in [-0.05, 0) is 24.6 Å². The summed E-state index contributed by atoms with van der Waals surface area (Å²) >= 11 is 1.38. The molecule has 3 aromatic rings. The molecule has 1 amide bonds. The monoisotopic (exact) mass is 384 g/mol. The van der Waals surface area contributed by atoms with Crippen LogP contribution in [0.3, 0.4) is 0 Å². The Balaban J connectivity index is 1.57. The van der Waals surface area contributed by atoms with Crippen LogP contribution in [0, 0.1) is 0 Å². The fourth-order valence-corrected chi connectivity index (χ4v) is 3.59. The first-order valence-corrected chi connectivity index (χ1v) is 9.92. The number of carbonyl (C=O) groups excluding carboxylic acids is 1. The Morgan fingerprint density at radius 3 is 2.63 bits per heavy atom. The summed E-state index contributed by atoms with van der Waals surface area (Å²) in [5.74, 6) is 1.62. The number of benzene rings is 1. The van der Waals surface area contributed by atoms with E-state index in [0.29, 0.717) is 35.6 Å². The molecule has 1 aromatic carbocycles. The van der Waals surface area contributed by atoms with E-state index in [2.05, 4.69) is 41.5 Å². The molecule has 0 bridgehead atoms. The van der Waals surface area contributed by atoms with Gasteiger partial charge in [-0.25, -0.2) is 0 Å². The smallest absolute Gasteiger partial charge is 0.230 e. The molecule has 0 saturated carbocycles. The summed E-state index contributed by atoms with van der Waals surface area (Å²) in [5.41, 5.74) is 1.07. The minimum absolute atomic E-state index is 0.0193. The summed E-state index contributed by atoms with van der Waals surface area (Å²) in [4.78, 5) is 12.3. The maximum atomic E-state index is 12.3. The predicted molar refractivity (Wildman–Crippen MR) is 107 cm³/mol. The number of nitrogens with one attached hydrogen (secondary N) is 1. The highest BCUT2D eigenvalue weighted by Crippen LogP contribution is 2.24. The van der Waals surface area contributed by atoms with E-state index in [9.17, 15) is 4.79 Å². The predicted octanol–water partition coefficient (Wildman–Crippen LogP) is 3.74. The number of amides is 1. The van der Waals surface area contributed by atoms with Crippen molar-refractivity contribution in [3.63, 3.8) is 0 Å². The average Bonchev–Trinajstić information content (AvgIpc) is 3.34. The van der Waals surface area contributed by atoms with Gasteiger partial charge in [-0.1, -0.05) is 55.9 Å². The SMILES string of the molecule is CCn1c(SCC(=O)NCC(C)(C)c2ccccc2)nnc1-c1ccco1. The summed E-state index contributed by atoms with van der Waals surface area (Å²) in [6.45, 7) is 7.54. The normalized spacial score (nSPS) is 11.5. The van der Waals surface area contributed by atoms with Crippen molar-refractivity contribution in [2.24, 2.45) is 0 Å². The molecule has 0 unspecified atom stereocenters. The van der Waals surface area contributed by atoms with E-state index < -0.39 is 0 Å². The topological polar surface area (TPSA) is 73.0 Å². The van der Waals surface area contributed by atoms with Crippen molar-refractivity contribution < 1.29 is 9.21 Å². The number of hydrogen-bond donors (Lipinski definition) is 1. The van der Waals surface area contributed by atoms with Crippen LogP contribution in [0.4, 0.5) is 0 Å². The summed E-state index contributed by atoms with van der Waals surface area (Å²) in [5, 5.41) is 12.1. The van der Waals surface area contributed by atoms with Crippen molar-refractivity contribution in [3.8, 4) is 11.6 Å². The largest absolute Gasteiger partial charge is 0.461 e. The van der Waals surface area contributed by atoms with Crippen molar-refractivity contribution in [3.05, 3.63) is 54.3 Å². The van der Waals surface area contributed by atoms with Crippen molar-refractivity contribution in [2.75, 3.05) is 12.3 Å². The van der Waals surface area contributed by atoms with Gasteiger partial charge < -0.3 is 9.73 Å². The van der Waals surface area contributed by atoms with Gasteiger partial charge in [0.15, 0.2) is 16.7 Å². The molecule has 0 spiro atoms. The Morgan fingerprint density at radius 1 is 1.19 bits per heavy atom. The van der Waals surface area contributed by atoms with Gasteiger partial charge in [0, 0.05) is 18.5 Å². The molecule has 0 saturated heterocycles. The van der Waals surface area contributed by atoms with Crippen LogP contribution in [0.2, 0.25) is 0 Å². The number of rotatable bonds is 8. The van der Waals surface area contributed by atoms with Gasteiger partial charge in [-0.3, -0.25) is 9.36 Å². The van der Waals surface area contributed by atoms with Gasteiger partial charge in [0.25, 0.3) is 0 Å². The van der Waals surface area contributed by atoms with Crippen molar-refractivity contribution in [1.82, 2.24) is 20.1 Å². The number of nitrogens with zero attached hydrogens (tertiary/aromatic N) is 3. The maximum Gasteiger partial charge on any atom is 0.230 e. The Kier molecular flexibility index (Phi) is 6.01. The highest BCUT2D eigenvalue weighted by Gasteiger charge is 2.21. The molecule has 7 heteroatoms. The van der Waals surface area contributed by atoms with Gasteiger partial charge in [0.05, 0.1) is 12.0 Å². The minimum atomic E-state index is -0.127. The lowest BCUT2D eigenvalue weighted by Gasteiger charge is -2.25. The highest BCUT2D eigenvalue weighted by molar-refractivity contribution is 7.99. The van der Waals surface area contributed by atoms with Gasteiger partial charge in [0.1, 0.15) is 0 Å². The third-order valence-electron chi connectivity index (χ3n) is 4.39. The Bertz CT molecular complexity index is 873. The maximum absolute atomic E-state index is 12.3. The second-order valence-corrected chi connectivity index (χ2v) is 7.79. The van der Waals surface area contributed by atoms with Crippen LogP contribution >= 0.6 is 11.8 Å². The second-order valence-electron chi connectivity index (χ2n) is 6.84. The molecule has 3 rings (SSSR count). The number of aromatic nitrogens is 3. The summed E-state index contributed by atoms with van der Waals surface area (Å²) in [7, 11) is 0. The zero-order valence-electron chi connectivity index (χ0n) is 15.8. The molecule has 0 atom stereocenters. The molecule has 142 valence electrons. The summed E-state index contributed by atoms with van der Waals surface area (Å²) < 4.78 is 7.36. The van der Waals surface area contributed by atoms with Crippen LogP contribution in [-0.2, 0) is 16.8 Å². The zero-order valence-corrected chi connectivity index (χ0v) is 16.6. The van der Waals surface area contributed by atoms with Crippen molar-refractivity contribution >= 4 is 17.7 Å². The number of hydrogen-bond acceptors (Lipinski definition) is 5. The molecule has 27 heavy (non-hydrogen) atoms. The molecule has 0 fully saturated rings. The van der Waals surface area contributed by atoms with Crippen LogP contribution < -0.4 is 5.32 Å². The van der Waals surface area contributed by atoms with E-state index in [4.69, 9.17) is 4.42 Å². The molecular weight excluding hydrogens is 360 g/mol. The Hall–Kier alpha value is -2.54. The number of thioether (sulfide) groups is 1. The van der Waals surface area contributed by atoms with Crippen molar-refractivity contribution in [1.29, 1.82) is 0 Å². The van der Waals surface area contributed by atoms with Crippen LogP contribution in [0.5, 0.6) is 0 Å². The minimum Gasteiger partial charge on any atom is -0.461 e. The summed E-state index contributed by atoms with van der Waals surface area (Å²) in [6, 6.07) is 13.9. The molecule has 2 aromatic heterocycles. The lowest BCUT2D eigenvalue weighted by Crippen LogP contribution is -2.37. The third kappa shape index (κ3) is 4.60. The molecule has 6 nitrogen and oxygen atoms in total. The van der Waals surface area contributed by atoms with Crippen LogP contribution in [0.15, 0.2) is 58.3 Å². The van der Waals surface area contributed by atoms with E-state index in [1.807, 2.05) is 41.8 Å². The van der Waals surface area contributed by atoms with E-state index in [1.54, 1.807) is 6.26 Å². The van der Waals surface area contributed by atoms with Gasteiger partial charge >= 0.3 is 0 Å². The number of carbonyl (C=O) groups is 1. The fraction of sp³-hybridized carbons (Fsp3) is 0.350. The lowest BCUT2D eigenvalue weighted by atomic mass is 9.85. The fourth-order valence-electron chi connectivity index (χ4n) is 2.76. The first kappa shape index (κ1) is 19.2. The van der Waals surface area contributed by atoms with Crippen LogP contribution in [-0.4, -0.2) is 33.0 Å². The van der Waals surface area contributed by atoms with E-state index in [0.717, 1.165) is 0 Å². The quantitative estimate of drug-likeness (QED) is 0.599. The van der Waals surface area contributed by atoms with Gasteiger partial charge in [-0.15, -0.1) is 10.2 Å². The van der Waals surface area contributed by atoms with Crippen molar-refractivity contribution in [2.45, 2.75) is 37.9 Å². The number of furan rings is 1. The second kappa shape index (κ2) is 8.43. The molecule has 0 aliphatic carbocycles. The van der Waals surface area contributed by atoms with Gasteiger partial charge in [-0.2, -0.15) is 0 Å². The molecule has 0 aliphatic rings. The van der Waals surface area contributed by atoms with Crippen LogP contribution in [0.25, 0.3) is 11.6 Å². The average molecular weight is 385 g/mol. The first-order valence-electron chi connectivity index (χ1n) is 8.93. The van der Waals surface area contributed by atoms with Crippen LogP contribution in [0.1, 0.15) is 26.3 Å². The van der Waals surface area contributed by atoms with E-state index >= 15 is 0 Å². The molecule has 0 radical (unpaired) electrons. The van der Waals surface area contributed by atoms with E-state index in [1.165, 1.54) is 17.3 Å². The van der Waals surface area contributed by atoms with E-state index in [-0.39, 0.29) is 11.3 Å². The Morgan fingerprint density at radius 2 is 1.96 bits per heavy atom. The zero-order chi connectivity index (χ0) is 19.3. The highest BCUT2D eigenvalue weighted by atomic mass is 32.2. The summed E-state index contributed by atoms with van der Waals surface area (Å²) in [6.07, 6.45) is 1.61. The lowest BCUT2D eigenvalue weighted by molar-refractivity contribution is -0.118. The third-order valence-corrected chi connectivity index (χ3v) is 5.36. The standard InChI is InChI=1S/C20H24N4O2S/c1-4-24-18(16-11-8-12-26-16)22-23-19(24)27-13-17(25)21-14-20(2,3)15-9-6-5-7-10-15/h5-12H,4,13-14H2,1-3H3,(H,21,25).